The Bertz CT molecular complexity index is 539. The monoisotopic (exact) mass is 260 g/mol. The van der Waals surface area contributed by atoms with Gasteiger partial charge in [0.15, 0.2) is 5.78 Å². The Morgan fingerprint density at radius 2 is 1.95 bits per heavy atom. The molecule has 2 aliphatic rings. The van der Waals surface area contributed by atoms with Crippen LogP contribution in [0.3, 0.4) is 0 Å². The van der Waals surface area contributed by atoms with E-state index in [9.17, 15) is 9.59 Å². The molecular formula is C15H16O4. The molecule has 4 heteroatoms. The molecule has 0 N–H and O–H groups in total. The maximum atomic E-state index is 12.0. The molecule has 1 aliphatic heterocycles. The Balaban J connectivity index is 1.69. The van der Waals surface area contributed by atoms with Crippen LogP contribution in [-0.2, 0) is 9.53 Å². The minimum atomic E-state index is -0.173. The minimum absolute atomic E-state index is 0.00143. The number of fused-ring (bicyclic) bond motifs is 1. The largest absolute Gasteiger partial charge is 0.426 e. The Labute approximate surface area is 111 Å². The van der Waals surface area contributed by atoms with Crippen LogP contribution in [0.2, 0.25) is 0 Å². The summed E-state index contributed by atoms with van der Waals surface area (Å²) in [6.45, 7) is 4.71. The second kappa shape index (κ2) is 4.46. The predicted octanol–water partition coefficient (Wildman–Crippen LogP) is 2.00. The fraction of sp³-hybridized carbons (Fsp3) is 0.467. The second-order valence-electron chi connectivity index (χ2n) is 5.34. The summed E-state index contributed by atoms with van der Waals surface area (Å²) in [5.74, 6) is 1.06. The lowest BCUT2D eigenvalue weighted by Gasteiger charge is -2.08. The highest BCUT2D eigenvalue weighted by Crippen LogP contribution is 2.51. The van der Waals surface area contributed by atoms with Gasteiger partial charge in [-0.05, 0) is 37.6 Å². The Morgan fingerprint density at radius 3 is 2.53 bits per heavy atom. The van der Waals surface area contributed by atoms with Gasteiger partial charge in [0.05, 0.1) is 19.1 Å². The van der Waals surface area contributed by atoms with E-state index in [4.69, 9.17) is 9.47 Å². The predicted molar refractivity (Wildman–Crippen MR) is 68.1 cm³/mol. The molecule has 0 aromatic heterocycles. The molecule has 1 saturated heterocycles. The van der Waals surface area contributed by atoms with Crippen LogP contribution in [0.15, 0.2) is 18.2 Å². The third kappa shape index (κ3) is 2.16. The van der Waals surface area contributed by atoms with E-state index in [1.807, 2.05) is 6.92 Å². The first-order chi connectivity index (χ1) is 9.08. The first kappa shape index (κ1) is 12.4. The summed E-state index contributed by atoms with van der Waals surface area (Å²) < 4.78 is 10.6. The summed E-state index contributed by atoms with van der Waals surface area (Å²) in [4.78, 5) is 23.3. The van der Waals surface area contributed by atoms with Gasteiger partial charge in [0.2, 0.25) is 0 Å². The topological polar surface area (TPSA) is 52.6 Å². The first-order valence-corrected chi connectivity index (χ1v) is 6.49. The molecular weight excluding hydrogens is 244 g/mol. The molecule has 1 aromatic rings. The third-order valence-electron chi connectivity index (χ3n) is 4.02. The number of aryl methyl sites for hydroxylation is 1. The van der Waals surface area contributed by atoms with Crippen molar-refractivity contribution >= 4 is 11.8 Å². The minimum Gasteiger partial charge on any atom is -0.426 e. The maximum absolute atomic E-state index is 12.0. The van der Waals surface area contributed by atoms with Crippen molar-refractivity contribution in [1.29, 1.82) is 0 Å². The molecule has 0 spiro atoms. The zero-order valence-corrected chi connectivity index (χ0v) is 11.0. The smallest absolute Gasteiger partial charge is 0.315 e. The molecule has 1 saturated carbocycles. The quantitative estimate of drug-likeness (QED) is 0.474. The molecule has 19 heavy (non-hydrogen) atoms. The van der Waals surface area contributed by atoms with Gasteiger partial charge in [0, 0.05) is 17.4 Å². The number of benzene rings is 1. The van der Waals surface area contributed by atoms with Crippen LogP contribution in [0.25, 0.3) is 0 Å². The number of carbonyl (C=O) groups excluding carboxylic acids is 2. The molecule has 1 aliphatic carbocycles. The Morgan fingerprint density at radius 1 is 1.26 bits per heavy atom. The molecule has 1 unspecified atom stereocenters. The maximum Gasteiger partial charge on any atom is 0.315 e. The molecule has 100 valence electrons. The highest BCUT2D eigenvalue weighted by Gasteiger charge is 2.59. The Hall–Kier alpha value is -1.68. The van der Waals surface area contributed by atoms with Crippen LogP contribution >= 0.6 is 0 Å². The standard InChI is InChI=1S/C15H16O4/c1-8-5-10(3-4-11(8)9(2)16)19-15(17)14-12-6-18-7-13(12)14/h3-5,12-14H,6-7H2,1-2H3/t12-,13+,14?. The summed E-state index contributed by atoms with van der Waals surface area (Å²) in [6, 6.07) is 5.12. The van der Waals surface area contributed by atoms with Gasteiger partial charge in [-0.15, -0.1) is 0 Å². The van der Waals surface area contributed by atoms with Gasteiger partial charge >= 0.3 is 5.97 Å². The summed E-state index contributed by atoms with van der Waals surface area (Å²) in [5, 5.41) is 0. The van der Waals surface area contributed by atoms with Crippen molar-refractivity contribution in [2.45, 2.75) is 13.8 Å². The molecule has 4 nitrogen and oxygen atoms in total. The second-order valence-corrected chi connectivity index (χ2v) is 5.34. The number of esters is 1. The summed E-state index contributed by atoms with van der Waals surface area (Å²) in [6.07, 6.45) is 0. The first-order valence-electron chi connectivity index (χ1n) is 6.49. The number of hydrogen-bond donors (Lipinski definition) is 0. The van der Waals surface area contributed by atoms with Crippen LogP contribution in [-0.4, -0.2) is 25.0 Å². The highest BCUT2D eigenvalue weighted by atomic mass is 16.5. The number of rotatable bonds is 3. The van der Waals surface area contributed by atoms with Gasteiger partial charge in [0.25, 0.3) is 0 Å². The summed E-state index contributed by atoms with van der Waals surface area (Å²) in [5.41, 5.74) is 1.49. The average Bonchev–Trinajstić information content (AvgIpc) is 2.83. The lowest BCUT2D eigenvalue weighted by molar-refractivity contribution is -0.137. The van der Waals surface area contributed by atoms with Crippen LogP contribution in [0, 0.1) is 24.7 Å². The van der Waals surface area contributed by atoms with Crippen molar-refractivity contribution in [3.63, 3.8) is 0 Å². The average molecular weight is 260 g/mol. The number of Topliss-reactive ketones (excluding diaryl/α,β-unsaturated/α-hetero) is 1. The fourth-order valence-corrected chi connectivity index (χ4v) is 2.87. The Kier molecular flexibility index (Phi) is 2.90. The van der Waals surface area contributed by atoms with Crippen molar-refractivity contribution in [3.05, 3.63) is 29.3 Å². The molecule has 1 aromatic carbocycles. The van der Waals surface area contributed by atoms with Gasteiger partial charge in [-0.25, -0.2) is 0 Å². The van der Waals surface area contributed by atoms with Crippen molar-refractivity contribution in [2.24, 2.45) is 17.8 Å². The van der Waals surface area contributed by atoms with Gasteiger partial charge in [-0.1, -0.05) is 0 Å². The molecule has 1 heterocycles. The van der Waals surface area contributed by atoms with Crippen molar-refractivity contribution < 1.29 is 19.1 Å². The number of carbonyl (C=O) groups is 2. The van der Waals surface area contributed by atoms with Crippen molar-refractivity contribution in [1.82, 2.24) is 0 Å². The molecule has 3 rings (SSSR count). The lowest BCUT2D eigenvalue weighted by Crippen LogP contribution is -2.16. The SMILES string of the molecule is CC(=O)c1ccc(OC(=O)C2[C@H]3COC[C@@H]23)cc1C. The van der Waals surface area contributed by atoms with E-state index < -0.39 is 0 Å². The van der Waals surface area contributed by atoms with Gasteiger partial charge < -0.3 is 9.47 Å². The van der Waals surface area contributed by atoms with Crippen LogP contribution in [0.1, 0.15) is 22.8 Å². The number of hydrogen-bond acceptors (Lipinski definition) is 4. The highest BCUT2D eigenvalue weighted by molar-refractivity contribution is 5.95. The van der Waals surface area contributed by atoms with Crippen LogP contribution in [0.4, 0.5) is 0 Å². The molecule has 0 amide bonds. The van der Waals surface area contributed by atoms with E-state index in [2.05, 4.69) is 0 Å². The lowest BCUT2D eigenvalue weighted by atomic mass is 10.1. The zero-order valence-electron chi connectivity index (χ0n) is 11.0. The van der Waals surface area contributed by atoms with E-state index in [0.717, 1.165) is 5.56 Å². The summed E-state index contributed by atoms with van der Waals surface area (Å²) >= 11 is 0. The van der Waals surface area contributed by atoms with E-state index >= 15 is 0 Å². The summed E-state index contributed by atoms with van der Waals surface area (Å²) in [7, 11) is 0. The van der Waals surface area contributed by atoms with Crippen LogP contribution < -0.4 is 4.74 Å². The van der Waals surface area contributed by atoms with Crippen molar-refractivity contribution in [2.75, 3.05) is 13.2 Å². The molecule has 2 fully saturated rings. The number of ketones is 1. The van der Waals surface area contributed by atoms with E-state index in [1.165, 1.54) is 6.92 Å². The molecule has 0 radical (unpaired) electrons. The van der Waals surface area contributed by atoms with Gasteiger partial charge in [0.1, 0.15) is 5.75 Å². The van der Waals surface area contributed by atoms with Gasteiger partial charge in [-0.3, -0.25) is 9.59 Å². The molecule has 3 atom stereocenters. The van der Waals surface area contributed by atoms with E-state index in [1.54, 1.807) is 18.2 Å². The zero-order chi connectivity index (χ0) is 13.6. The number of ether oxygens (including phenoxy) is 2. The third-order valence-corrected chi connectivity index (χ3v) is 4.02. The fourth-order valence-electron chi connectivity index (χ4n) is 2.87. The van der Waals surface area contributed by atoms with Gasteiger partial charge in [-0.2, -0.15) is 0 Å². The van der Waals surface area contributed by atoms with E-state index in [0.29, 0.717) is 36.4 Å². The van der Waals surface area contributed by atoms with E-state index in [-0.39, 0.29) is 17.7 Å². The van der Waals surface area contributed by atoms with Crippen LogP contribution in [0.5, 0.6) is 5.75 Å². The van der Waals surface area contributed by atoms with Crippen molar-refractivity contribution in [3.8, 4) is 5.75 Å². The normalized spacial score (nSPS) is 27.8. The molecule has 0 bridgehead atoms.